The summed E-state index contributed by atoms with van der Waals surface area (Å²) in [6.45, 7) is 0. The van der Waals surface area contributed by atoms with E-state index in [9.17, 15) is 14.7 Å². The fourth-order valence-electron chi connectivity index (χ4n) is 1.96. The van der Waals surface area contributed by atoms with Gasteiger partial charge in [0.25, 0.3) is 0 Å². The highest BCUT2D eigenvalue weighted by Gasteiger charge is 2.22. The largest absolute Gasteiger partial charge is 0.497 e. The predicted octanol–water partition coefficient (Wildman–Crippen LogP) is 3.30. The molecule has 1 unspecified atom stereocenters. The molecule has 0 bridgehead atoms. The van der Waals surface area contributed by atoms with E-state index in [4.69, 9.17) is 16.3 Å². The molecular weight excluding hydrogens is 320 g/mol. The van der Waals surface area contributed by atoms with Gasteiger partial charge < -0.3 is 20.5 Å². The molecule has 23 heavy (non-hydrogen) atoms. The Morgan fingerprint density at radius 2 is 1.91 bits per heavy atom. The molecule has 0 aliphatic carbocycles. The van der Waals surface area contributed by atoms with Crippen LogP contribution in [0.5, 0.6) is 5.75 Å². The summed E-state index contributed by atoms with van der Waals surface area (Å²) in [6.07, 6.45) is 0. The first-order chi connectivity index (χ1) is 11.0. The van der Waals surface area contributed by atoms with Crippen LogP contribution in [-0.4, -0.2) is 24.2 Å². The molecule has 0 saturated heterocycles. The molecule has 2 aromatic rings. The highest BCUT2D eigenvalue weighted by molar-refractivity contribution is 6.33. The maximum absolute atomic E-state index is 12.0. The van der Waals surface area contributed by atoms with Gasteiger partial charge in [-0.05, 0) is 29.8 Å². The van der Waals surface area contributed by atoms with E-state index in [1.807, 2.05) is 0 Å². The van der Waals surface area contributed by atoms with Crippen LogP contribution in [0.25, 0.3) is 0 Å². The number of rotatable bonds is 5. The zero-order valence-corrected chi connectivity index (χ0v) is 13.0. The van der Waals surface area contributed by atoms with Gasteiger partial charge in [-0.1, -0.05) is 35.9 Å². The normalized spacial score (nSPS) is 11.4. The van der Waals surface area contributed by atoms with Crippen molar-refractivity contribution in [1.29, 1.82) is 0 Å². The number of methoxy groups -OCH3 is 1. The van der Waals surface area contributed by atoms with E-state index in [0.29, 0.717) is 22.0 Å². The number of urea groups is 1. The first-order valence-electron chi connectivity index (χ1n) is 6.70. The third-order valence-corrected chi connectivity index (χ3v) is 3.40. The second kappa shape index (κ2) is 7.51. The third-order valence-electron chi connectivity index (χ3n) is 3.07. The number of ether oxygens (including phenoxy) is 1. The number of halogens is 1. The standard InChI is InChI=1S/C16H15ClN2O4/c1-23-11-6-4-5-10(9-11)14(15(20)21)19-16(22)18-13-8-3-2-7-12(13)17/h2-9,14H,1H3,(H,20,21)(H2,18,19,22). The van der Waals surface area contributed by atoms with Crippen molar-refractivity contribution in [3.8, 4) is 5.75 Å². The molecule has 0 aliphatic rings. The molecule has 3 N–H and O–H groups in total. The van der Waals surface area contributed by atoms with Gasteiger partial charge in [-0.3, -0.25) is 0 Å². The summed E-state index contributed by atoms with van der Waals surface area (Å²) in [5.74, 6) is -0.686. The SMILES string of the molecule is COc1cccc(C(NC(=O)Nc2ccccc2Cl)C(=O)O)c1. The van der Waals surface area contributed by atoms with Crippen LogP contribution in [0.2, 0.25) is 5.02 Å². The molecule has 0 aliphatic heterocycles. The van der Waals surface area contributed by atoms with Crippen LogP contribution >= 0.6 is 11.6 Å². The zero-order chi connectivity index (χ0) is 16.8. The van der Waals surface area contributed by atoms with E-state index < -0.39 is 18.0 Å². The number of carboxylic acids is 1. The van der Waals surface area contributed by atoms with Gasteiger partial charge in [0.05, 0.1) is 17.8 Å². The van der Waals surface area contributed by atoms with Gasteiger partial charge in [0.2, 0.25) is 0 Å². The van der Waals surface area contributed by atoms with Crippen LogP contribution in [0.3, 0.4) is 0 Å². The summed E-state index contributed by atoms with van der Waals surface area (Å²) in [5.41, 5.74) is 0.785. The number of carbonyl (C=O) groups is 2. The summed E-state index contributed by atoms with van der Waals surface area (Å²) in [6, 6.07) is 11.3. The van der Waals surface area contributed by atoms with Gasteiger partial charge in [0.15, 0.2) is 6.04 Å². The Labute approximate surface area is 138 Å². The van der Waals surface area contributed by atoms with Crippen molar-refractivity contribution in [3.05, 3.63) is 59.1 Å². The molecule has 0 saturated carbocycles. The van der Waals surface area contributed by atoms with E-state index in [2.05, 4.69) is 10.6 Å². The Morgan fingerprint density at radius 3 is 2.57 bits per heavy atom. The van der Waals surface area contributed by atoms with Crippen LogP contribution in [0.4, 0.5) is 10.5 Å². The highest BCUT2D eigenvalue weighted by atomic mass is 35.5. The lowest BCUT2D eigenvalue weighted by Gasteiger charge is -2.16. The topological polar surface area (TPSA) is 87.7 Å². The number of hydrogen-bond donors (Lipinski definition) is 3. The minimum Gasteiger partial charge on any atom is -0.497 e. The van der Waals surface area contributed by atoms with Crippen LogP contribution in [0, 0.1) is 0 Å². The second-order valence-electron chi connectivity index (χ2n) is 4.63. The Kier molecular flexibility index (Phi) is 5.43. The van der Waals surface area contributed by atoms with Crippen molar-refractivity contribution in [2.75, 3.05) is 12.4 Å². The number of nitrogens with one attached hydrogen (secondary N) is 2. The number of carboxylic acid groups (broad SMARTS) is 1. The maximum Gasteiger partial charge on any atom is 0.330 e. The molecule has 2 amide bonds. The lowest BCUT2D eigenvalue weighted by Crippen LogP contribution is -2.36. The lowest BCUT2D eigenvalue weighted by molar-refractivity contribution is -0.139. The second-order valence-corrected chi connectivity index (χ2v) is 5.03. The molecule has 2 rings (SSSR count). The Bertz CT molecular complexity index is 721. The van der Waals surface area contributed by atoms with E-state index in [0.717, 1.165) is 0 Å². The van der Waals surface area contributed by atoms with E-state index in [1.165, 1.54) is 7.11 Å². The first-order valence-corrected chi connectivity index (χ1v) is 7.08. The molecule has 0 aromatic heterocycles. The Balaban J connectivity index is 2.14. The fourth-order valence-corrected chi connectivity index (χ4v) is 2.14. The van der Waals surface area contributed by atoms with Crippen molar-refractivity contribution in [1.82, 2.24) is 5.32 Å². The molecular formula is C16H15ClN2O4. The number of carbonyl (C=O) groups excluding carboxylic acids is 1. The van der Waals surface area contributed by atoms with E-state index in [-0.39, 0.29) is 0 Å². The Hall–Kier alpha value is -2.73. The smallest absolute Gasteiger partial charge is 0.330 e. The number of amides is 2. The predicted molar refractivity (Wildman–Crippen MR) is 87.0 cm³/mol. The molecule has 0 spiro atoms. The molecule has 0 fully saturated rings. The molecule has 6 nitrogen and oxygen atoms in total. The Morgan fingerprint density at radius 1 is 1.17 bits per heavy atom. The average molecular weight is 335 g/mol. The van der Waals surface area contributed by atoms with Gasteiger partial charge in [0.1, 0.15) is 5.75 Å². The molecule has 0 heterocycles. The molecule has 7 heteroatoms. The van der Waals surface area contributed by atoms with Gasteiger partial charge >= 0.3 is 12.0 Å². The van der Waals surface area contributed by atoms with Gasteiger partial charge in [-0.2, -0.15) is 0 Å². The summed E-state index contributed by atoms with van der Waals surface area (Å²) < 4.78 is 5.06. The minimum atomic E-state index is -1.22. The van der Waals surface area contributed by atoms with Crippen molar-refractivity contribution in [3.63, 3.8) is 0 Å². The van der Waals surface area contributed by atoms with Crippen LogP contribution < -0.4 is 15.4 Å². The lowest BCUT2D eigenvalue weighted by atomic mass is 10.1. The summed E-state index contributed by atoms with van der Waals surface area (Å²) >= 11 is 5.95. The summed E-state index contributed by atoms with van der Waals surface area (Å²) in [7, 11) is 1.48. The number of benzene rings is 2. The molecule has 0 radical (unpaired) electrons. The number of para-hydroxylation sites is 1. The maximum atomic E-state index is 12.0. The van der Waals surface area contributed by atoms with Crippen molar-refractivity contribution < 1.29 is 19.4 Å². The number of aliphatic carboxylic acids is 1. The fraction of sp³-hybridized carbons (Fsp3) is 0.125. The highest BCUT2D eigenvalue weighted by Crippen LogP contribution is 2.22. The minimum absolute atomic E-state index is 0.357. The van der Waals surface area contributed by atoms with E-state index in [1.54, 1.807) is 48.5 Å². The average Bonchev–Trinajstić information content (AvgIpc) is 2.54. The summed E-state index contributed by atoms with van der Waals surface area (Å²) in [5, 5.41) is 14.6. The van der Waals surface area contributed by atoms with Crippen molar-refractivity contribution in [2.45, 2.75) is 6.04 Å². The third kappa shape index (κ3) is 4.37. The van der Waals surface area contributed by atoms with Crippen LogP contribution in [0.1, 0.15) is 11.6 Å². The first kappa shape index (κ1) is 16.6. The monoisotopic (exact) mass is 334 g/mol. The quantitative estimate of drug-likeness (QED) is 0.783. The molecule has 2 aromatic carbocycles. The molecule has 1 atom stereocenters. The van der Waals surface area contributed by atoms with Crippen LogP contribution in [-0.2, 0) is 4.79 Å². The van der Waals surface area contributed by atoms with Crippen molar-refractivity contribution in [2.24, 2.45) is 0 Å². The zero-order valence-electron chi connectivity index (χ0n) is 12.2. The van der Waals surface area contributed by atoms with Crippen LogP contribution in [0.15, 0.2) is 48.5 Å². The van der Waals surface area contributed by atoms with Gasteiger partial charge in [-0.15, -0.1) is 0 Å². The van der Waals surface area contributed by atoms with Gasteiger partial charge in [0, 0.05) is 0 Å². The number of hydrogen-bond acceptors (Lipinski definition) is 3. The van der Waals surface area contributed by atoms with Crippen molar-refractivity contribution >= 4 is 29.3 Å². The molecule has 120 valence electrons. The summed E-state index contributed by atoms with van der Waals surface area (Å²) in [4.78, 5) is 23.5. The van der Waals surface area contributed by atoms with E-state index >= 15 is 0 Å². The van der Waals surface area contributed by atoms with Gasteiger partial charge in [-0.25, -0.2) is 9.59 Å². The number of anilines is 1.